The second kappa shape index (κ2) is 3.31. The number of halogens is 1. The van der Waals surface area contributed by atoms with Crippen LogP contribution < -0.4 is 0 Å². The standard InChI is InChI=1S/C13H12ClNS/c1-13(2)12-4-3-7-15(12)10-8-9(14)5-6-11(10)16-13/h3-8H,1-2H3. The summed E-state index contributed by atoms with van der Waals surface area (Å²) < 4.78 is 2.35. The average Bonchev–Trinajstić information content (AvgIpc) is 2.69. The zero-order valence-electron chi connectivity index (χ0n) is 9.20. The summed E-state index contributed by atoms with van der Waals surface area (Å²) in [5.74, 6) is 0. The van der Waals surface area contributed by atoms with Gasteiger partial charge in [0.2, 0.25) is 0 Å². The number of thioether (sulfide) groups is 1. The van der Waals surface area contributed by atoms with Crippen molar-refractivity contribution >= 4 is 23.4 Å². The predicted octanol–water partition coefficient (Wildman–Crippen LogP) is 4.47. The van der Waals surface area contributed by atoms with E-state index in [2.05, 4.69) is 42.8 Å². The van der Waals surface area contributed by atoms with Gasteiger partial charge >= 0.3 is 0 Å². The maximum absolute atomic E-state index is 6.06. The van der Waals surface area contributed by atoms with Gasteiger partial charge in [0, 0.05) is 21.8 Å². The number of hydrogen-bond acceptors (Lipinski definition) is 1. The third kappa shape index (κ3) is 1.40. The lowest BCUT2D eigenvalue weighted by Gasteiger charge is -2.32. The van der Waals surface area contributed by atoms with Crippen molar-refractivity contribution in [1.29, 1.82) is 0 Å². The van der Waals surface area contributed by atoms with E-state index in [1.165, 1.54) is 16.3 Å². The second-order valence-electron chi connectivity index (χ2n) is 4.49. The van der Waals surface area contributed by atoms with Crippen LogP contribution in [-0.2, 0) is 4.75 Å². The molecular formula is C13H12ClNS. The van der Waals surface area contributed by atoms with Crippen LogP contribution in [0.2, 0.25) is 5.02 Å². The molecule has 0 N–H and O–H groups in total. The summed E-state index contributed by atoms with van der Waals surface area (Å²) >= 11 is 7.95. The molecule has 0 atom stereocenters. The Hall–Kier alpha value is -0.860. The van der Waals surface area contributed by atoms with Crippen LogP contribution in [0.3, 0.4) is 0 Å². The van der Waals surface area contributed by atoms with Gasteiger partial charge in [0.15, 0.2) is 0 Å². The van der Waals surface area contributed by atoms with E-state index >= 15 is 0 Å². The quantitative estimate of drug-likeness (QED) is 0.667. The van der Waals surface area contributed by atoms with E-state index in [9.17, 15) is 0 Å². The fraction of sp³-hybridized carbons (Fsp3) is 0.231. The molecule has 1 aromatic heterocycles. The summed E-state index contributed by atoms with van der Waals surface area (Å²) in [4.78, 5) is 1.29. The molecule has 0 spiro atoms. The summed E-state index contributed by atoms with van der Waals surface area (Å²) in [7, 11) is 0. The van der Waals surface area contributed by atoms with Crippen molar-refractivity contribution in [1.82, 2.24) is 4.57 Å². The SMILES string of the molecule is CC1(C)Sc2ccc(Cl)cc2-n2cccc21. The molecule has 2 aromatic rings. The number of benzene rings is 1. The highest BCUT2D eigenvalue weighted by Gasteiger charge is 2.31. The molecular weight excluding hydrogens is 238 g/mol. The Morgan fingerprint density at radius 3 is 2.88 bits per heavy atom. The Labute approximate surface area is 104 Å². The number of aromatic nitrogens is 1. The predicted molar refractivity (Wildman–Crippen MR) is 69.7 cm³/mol. The van der Waals surface area contributed by atoms with Gasteiger partial charge in [0.25, 0.3) is 0 Å². The van der Waals surface area contributed by atoms with Crippen molar-refractivity contribution in [2.45, 2.75) is 23.5 Å². The molecule has 3 heteroatoms. The highest BCUT2D eigenvalue weighted by Crippen LogP contribution is 2.48. The van der Waals surface area contributed by atoms with E-state index in [-0.39, 0.29) is 4.75 Å². The van der Waals surface area contributed by atoms with Gasteiger partial charge in [-0.15, -0.1) is 11.8 Å². The summed E-state index contributed by atoms with van der Waals surface area (Å²) in [6, 6.07) is 10.4. The molecule has 0 aliphatic carbocycles. The van der Waals surface area contributed by atoms with Crippen LogP contribution in [0, 0.1) is 0 Å². The maximum atomic E-state index is 6.06. The van der Waals surface area contributed by atoms with Crippen molar-refractivity contribution in [3.8, 4) is 5.69 Å². The van der Waals surface area contributed by atoms with Gasteiger partial charge in [0.05, 0.1) is 10.4 Å². The van der Waals surface area contributed by atoms with E-state index in [1.807, 2.05) is 23.9 Å². The summed E-state index contributed by atoms with van der Waals surface area (Å²) in [6.07, 6.45) is 2.10. The molecule has 1 aromatic carbocycles. The lowest BCUT2D eigenvalue weighted by molar-refractivity contribution is 0.703. The second-order valence-corrected chi connectivity index (χ2v) is 6.59. The topological polar surface area (TPSA) is 4.93 Å². The lowest BCUT2D eigenvalue weighted by atomic mass is 10.1. The molecule has 0 fully saturated rings. The van der Waals surface area contributed by atoms with Crippen molar-refractivity contribution in [2.24, 2.45) is 0 Å². The summed E-state index contributed by atoms with van der Waals surface area (Å²) in [6.45, 7) is 4.50. The van der Waals surface area contributed by atoms with E-state index < -0.39 is 0 Å². The average molecular weight is 250 g/mol. The minimum atomic E-state index is 0.115. The minimum absolute atomic E-state index is 0.115. The Kier molecular flexibility index (Phi) is 2.13. The van der Waals surface area contributed by atoms with Crippen molar-refractivity contribution in [2.75, 3.05) is 0 Å². The van der Waals surface area contributed by atoms with Crippen molar-refractivity contribution in [3.63, 3.8) is 0 Å². The van der Waals surface area contributed by atoms with Gasteiger partial charge in [-0.1, -0.05) is 11.6 Å². The van der Waals surface area contributed by atoms with E-state index in [0.717, 1.165) is 5.02 Å². The molecule has 16 heavy (non-hydrogen) atoms. The normalized spacial score (nSPS) is 16.7. The maximum Gasteiger partial charge on any atom is 0.0603 e. The number of rotatable bonds is 0. The van der Waals surface area contributed by atoms with E-state index in [0.29, 0.717) is 0 Å². The molecule has 0 bridgehead atoms. The highest BCUT2D eigenvalue weighted by atomic mass is 35.5. The Morgan fingerprint density at radius 1 is 1.25 bits per heavy atom. The number of fused-ring (bicyclic) bond motifs is 3. The molecule has 1 aliphatic heterocycles. The van der Waals surface area contributed by atoms with Gasteiger partial charge < -0.3 is 4.57 Å². The zero-order chi connectivity index (χ0) is 11.3. The van der Waals surface area contributed by atoms with Crippen LogP contribution in [0.25, 0.3) is 5.69 Å². The van der Waals surface area contributed by atoms with Crippen LogP contribution in [0.1, 0.15) is 19.5 Å². The third-order valence-corrected chi connectivity index (χ3v) is 4.43. The van der Waals surface area contributed by atoms with Gasteiger partial charge in [-0.25, -0.2) is 0 Å². The Bertz CT molecular complexity index is 557. The molecule has 1 aliphatic rings. The Morgan fingerprint density at radius 2 is 2.06 bits per heavy atom. The van der Waals surface area contributed by atoms with Gasteiger partial charge in [-0.2, -0.15) is 0 Å². The molecule has 82 valence electrons. The van der Waals surface area contributed by atoms with Gasteiger partial charge in [0.1, 0.15) is 0 Å². The van der Waals surface area contributed by atoms with Crippen molar-refractivity contribution in [3.05, 3.63) is 47.2 Å². The van der Waals surface area contributed by atoms with Gasteiger partial charge in [-0.05, 0) is 44.2 Å². The zero-order valence-corrected chi connectivity index (χ0v) is 10.8. The fourth-order valence-corrected chi connectivity index (χ4v) is 3.56. The van der Waals surface area contributed by atoms with Crippen LogP contribution in [0.5, 0.6) is 0 Å². The molecule has 0 radical (unpaired) electrons. The molecule has 3 rings (SSSR count). The molecule has 0 amide bonds. The molecule has 0 unspecified atom stereocenters. The molecule has 0 saturated heterocycles. The van der Waals surface area contributed by atoms with Crippen molar-refractivity contribution < 1.29 is 0 Å². The molecule has 2 heterocycles. The molecule has 0 saturated carbocycles. The Balaban J connectivity index is 2.31. The monoisotopic (exact) mass is 249 g/mol. The lowest BCUT2D eigenvalue weighted by Crippen LogP contribution is -2.21. The first-order chi connectivity index (χ1) is 7.58. The minimum Gasteiger partial charge on any atom is -0.318 e. The number of hydrogen-bond donors (Lipinski definition) is 0. The molecule has 1 nitrogen and oxygen atoms in total. The summed E-state index contributed by atoms with van der Waals surface area (Å²) in [5.41, 5.74) is 2.52. The summed E-state index contributed by atoms with van der Waals surface area (Å²) in [5, 5.41) is 0.790. The first kappa shape index (κ1) is 10.3. The largest absolute Gasteiger partial charge is 0.318 e. The first-order valence-electron chi connectivity index (χ1n) is 5.25. The van der Waals surface area contributed by atoms with E-state index in [4.69, 9.17) is 11.6 Å². The smallest absolute Gasteiger partial charge is 0.0603 e. The van der Waals surface area contributed by atoms with Crippen LogP contribution in [0.15, 0.2) is 41.4 Å². The van der Waals surface area contributed by atoms with Crippen LogP contribution in [0.4, 0.5) is 0 Å². The van der Waals surface area contributed by atoms with E-state index in [1.54, 1.807) is 0 Å². The third-order valence-electron chi connectivity index (χ3n) is 2.91. The number of nitrogens with zero attached hydrogens (tertiary/aromatic N) is 1. The van der Waals surface area contributed by atoms with Crippen LogP contribution >= 0.6 is 23.4 Å². The first-order valence-corrected chi connectivity index (χ1v) is 6.44. The fourth-order valence-electron chi connectivity index (χ4n) is 2.17. The highest BCUT2D eigenvalue weighted by molar-refractivity contribution is 8.00. The van der Waals surface area contributed by atoms with Crippen LogP contribution in [-0.4, -0.2) is 4.57 Å². The van der Waals surface area contributed by atoms with Gasteiger partial charge in [-0.3, -0.25) is 0 Å².